The van der Waals surface area contributed by atoms with Crippen LogP contribution in [0.1, 0.15) is 5.56 Å². The van der Waals surface area contributed by atoms with E-state index in [0.29, 0.717) is 27.3 Å². The summed E-state index contributed by atoms with van der Waals surface area (Å²) in [6.07, 6.45) is 3.22. The molecule has 0 heterocycles. The maximum Gasteiger partial charge on any atom is 0.187 e. The largest absolute Gasteiger partial charge is 0.358 e. The van der Waals surface area contributed by atoms with Crippen LogP contribution in [-0.2, 0) is 0 Å². The zero-order valence-corrected chi connectivity index (χ0v) is 11.2. The van der Waals surface area contributed by atoms with Crippen LogP contribution in [0.3, 0.4) is 0 Å². The van der Waals surface area contributed by atoms with Gasteiger partial charge in [-0.05, 0) is 24.4 Å². The third-order valence-corrected chi connectivity index (χ3v) is 2.66. The van der Waals surface area contributed by atoms with Crippen molar-refractivity contribution in [3.8, 4) is 0 Å². The highest BCUT2D eigenvalue weighted by Crippen LogP contribution is 2.21. The number of rotatable bonds is 4. The lowest BCUT2D eigenvalue weighted by Gasteiger charge is -2.04. The standard InChI is InChI=1S/C11H11Cl2N3S/c1-2-6-14-11(17)16-15-7-8-9(12)4-3-5-10(8)13/h2-5,7H,1,6H2,(H2,14,16,17). The Kier molecular flexibility index (Phi) is 5.97. The maximum absolute atomic E-state index is 5.96. The van der Waals surface area contributed by atoms with Crippen LogP contribution in [-0.4, -0.2) is 17.9 Å². The first-order valence-electron chi connectivity index (χ1n) is 4.77. The number of nitrogens with one attached hydrogen (secondary N) is 2. The molecule has 2 N–H and O–H groups in total. The summed E-state index contributed by atoms with van der Waals surface area (Å²) in [5, 5.41) is 8.28. The van der Waals surface area contributed by atoms with E-state index in [4.69, 9.17) is 35.4 Å². The zero-order chi connectivity index (χ0) is 12.7. The molecule has 3 nitrogen and oxygen atoms in total. The summed E-state index contributed by atoms with van der Waals surface area (Å²) in [6.45, 7) is 4.14. The van der Waals surface area contributed by atoms with E-state index in [-0.39, 0.29) is 0 Å². The predicted octanol–water partition coefficient (Wildman–Crippen LogP) is 2.98. The molecule has 1 rings (SSSR count). The highest BCUT2D eigenvalue weighted by Gasteiger charge is 2.01. The Morgan fingerprint density at radius 1 is 1.41 bits per heavy atom. The Bertz CT molecular complexity index is 426. The van der Waals surface area contributed by atoms with Crippen LogP contribution in [0.25, 0.3) is 0 Å². The number of hydrazone groups is 1. The molecule has 1 aromatic carbocycles. The highest BCUT2D eigenvalue weighted by atomic mass is 35.5. The van der Waals surface area contributed by atoms with E-state index in [1.165, 1.54) is 6.21 Å². The van der Waals surface area contributed by atoms with E-state index in [0.717, 1.165) is 0 Å². The van der Waals surface area contributed by atoms with E-state index in [2.05, 4.69) is 22.4 Å². The van der Waals surface area contributed by atoms with Crippen LogP contribution in [0.4, 0.5) is 0 Å². The quantitative estimate of drug-likeness (QED) is 0.387. The molecule has 0 saturated carbocycles. The Labute approximate surface area is 115 Å². The second-order valence-electron chi connectivity index (χ2n) is 3.00. The van der Waals surface area contributed by atoms with E-state index in [1.807, 2.05) is 0 Å². The summed E-state index contributed by atoms with van der Waals surface area (Å²) in [7, 11) is 0. The van der Waals surface area contributed by atoms with Crippen LogP contribution < -0.4 is 10.7 Å². The van der Waals surface area contributed by atoms with Crippen molar-refractivity contribution in [3.63, 3.8) is 0 Å². The summed E-state index contributed by atoms with van der Waals surface area (Å²) in [5.74, 6) is 0. The van der Waals surface area contributed by atoms with Gasteiger partial charge in [-0.25, -0.2) is 0 Å². The molecule has 0 unspecified atom stereocenters. The van der Waals surface area contributed by atoms with Crippen LogP contribution in [0, 0.1) is 0 Å². The van der Waals surface area contributed by atoms with Gasteiger partial charge < -0.3 is 5.32 Å². The molecule has 0 aliphatic rings. The minimum Gasteiger partial charge on any atom is -0.358 e. The molecule has 0 saturated heterocycles. The number of hydrogen-bond acceptors (Lipinski definition) is 2. The Hall–Kier alpha value is -1.10. The number of benzene rings is 1. The fourth-order valence-corrected chi connectivity index (χ4v) is 1.62. The molecule has 1 aromatic rings. The first-order chi connectivity index (χ1) is 8.15. The number of halogens is 2. The summed E-state index contributed by atoms with van der Waals surface area (Å²) in [5.41, 5.74) is 3.29. The average Bonchev–Trinajstić information content (AvgIpc) is 2.30. The molecule has 6 heteroatoms. The van der Waals surface area contributed by atoms with Crippen LogP contribution in [0.5, 0.6) is 0 Å². The summed E-state index contributed by atoms with van der Waals surface area (Å²) >= 11 is 16.9. The Morgan fingerprint density at radius 3 is 2.65 bits per heavy atom. The molecule has 0 atom stereocenters. The molecule has 0 radical (unpaired) electrons. The molecule has 0 spiro atoms. The van der Waals surface area contributed by atoms with Crippen molar-refractivity contribution in [2.24, 2.45) is 5.10 Å². The molecule has 0 amide bonds. The normalized spacial score (nSPS) is 10.2. The van der Waals surface area contributed by atoms with Crippen molar-refractivity contribution >= 4 is 46.7 Å². The number of nitrogens with zero attached hydrogens (tertiary/aromatic N) is 1. The Balaban J connectivity index is 2.59. The van der Waals surface area contributed by atoms with E-state index >= 15 is 0 Å². The fourth-order valence-electron chi connectivity index (χ4n) is 0.994. The first-order valence-corrected chi connectivity index (χ1v) is 5.93. The number of hydrogen-bond donors (Lipinski definition) is 2. The van der Waals surface area contributed by atoms with E-state index in [9.17, 15) is 0 Å². The van der Waals surface area contributed by atoms with Crippen molar-refractivity contribution < 1.29 is 0 Å². The van der Waals surface area contributed by atoms with Gasteiger partial charge in [-0.2, -0.15) is 5.10 Å². The van der Waals surface area contributed by atoms with Gasteiger partial charge in [0, 0.05) is 12.1 Å². The van der Waals surface area contributed by atoms with Gasteiger partial charge in [-0.3, -0.25) is 5.43 Å². The second kappa shape index (κ2) is 7.27. The van der Waals surface area contributed by atoms with Crippen LogP contribution in [0.2, 0.25) is 10.0 Å². The molecule has 0 aliphatic carbocycles. The smallest absolute Gasteiger partial charge is 0.187 e. The SMILES string of the molecule is C=CCNC(=S)NN=Cc1c(Cl)cccc1Cl. The molecule has 0 bridgehead atoms. The lowest BCUT2D eigenvalue weighted by Crippen LogP contribution is -2.31. The van der Waals surface area contributed by atoms with Gasteiger partial charge >= 0.3 is 0 Å². The fraction of sp³-hybridized carbons (Fsp3) is 0.0909. The van der Waals surface area contributed by atoms with E-state index < -0.39 is 0 Å². The van der Waals surface area contributed by atoms with Gasteiger partial charge in [0.1, 0.15) is 0 Å². The van der Waals surface area contributed by atoms with Gasteiger partial charge in [-0.1, -0.05) is 35.3 Å². The topological polar surface area (TPSA) is 36.4 Å². The molecule has 0 aliphatic heterocycles. The van der Waals surface area contributed by atoms with Crippen molar-refractivity contribution in [2.75, 3.05) is 6.54 Å². The molecular weight excluding hydrogens is 277 g/mol. The second-order valence-corrected chi connectivity index (χ2v) is 4.23. The lowest BCUT2D eigenvalue weighted by atomic mass is 10.2. The minimum absolute atomic E-state index is 0.407. The van der Waals surface area contributed by atoms with Gasteiger partial charge in [-0.15, -0.1) is 6.58 Å². The molecule has 90 valence electrons. The maximum atomic E-state index is 5.96. The van der Waals surface area contributed by atoms with Crippen molar-refractivity contribution in [1.82, 2.24) is 10.7 Å². The van der Waals surface area contributed by atoms with Crippen LogP contribution >= 0.6 is 35.4 Å². The minimum atomic E-state index is 0.407. The van der Waals surface area contributed by atoms with Gasteiger partial charge in [0.25, 0.3) is 0 Å². The average molecular weight is 288 g/mol. The van der Waals surface area contributed by atoms with Crippen molar-refractivity contribution in [1.29, 1.82) is 0 Å². The predicted molar refractivity (Wildman–Crippen MR) is 78.0 cm³/mol. The molecule has 17 heavy (non-hydrogen) atoms. The summed E-state index contributed by atoms with van der Waals surface area (Å²) in [4.78, 5) is 0. The van der Waals surface area contributed by atoms with E-state index in [1.54, 1.807) is 24.3 Å². The Morgan fingerprint density at radius 2 is 2.06 bits per heavy atom. The zero-order valence-electron chi connectivity index (χ0n) is 8.91. The molecule has 0 aromatic heterocycles. The molecule has 0 fully saturated rings. The summed E-state index contributed by atoms with van der Waals surface area (Å²) in [6, 6.07) is 5.25. The van der Waals surface area contributed by atoms with Gasteiger partial charge in [0.15, 0.2) is 5.11 Å². The van der Waals surface area contributed by atoms with Crippen molar-refractivity contribution in [3.05, 3.63) is 46.5 Å². The third kappa shape index (κ3) is 4.73. The first kappa shape index (κ1) is 14.0. The number of thiocarbonyl (C=S) groups is 1. The monoisotopic (exact) mass is 287 g/mol. The van der Waals surface area contributed by atoms with Crippen LogP contribution in [0.15, 0.2) is 36.0 Å². The van der Waals surface area contributed by atoms with Crippen molar-refractivity contribution in [2.45, 2.75) is 0 Å². The van der Waals surface area contributed by atoms with Gasteiger partial charge in [0.2, 0.25) is 0 Å². The van der Waals surface area contributed by atoms with Gasteiger partial charge in [0.05, 0.1) is 16.3 Å². The summed E-state index contributed by atoms with van der Waals surface area (Å²) < 4.78 is 0. The third-order valence-electron chi connectivity index (χ3n) is 1.77. The highest BCUT2D eigenvalue weighted by molar-refractivity contribution is 7.80. The molecular formula is C11H11Cl2N3S. The lowest BCUT2D eigenvalue weighted by molar-refractivity contribution is 0.942.